The Morgan fingerprint density at radius 3 is 2.17 bits per heavy atom. The summed E-state index contributed by atoms with van der Waals surface area (Å²) in [5, 5.41) is 2.00. The van der Waals surface area contributed by atoms with E-state index in [0.29, 0.717) is 0 Å². The third-order valence-corrected chi connectivity index (χ3v) is 0.856. The van der Waals surface area contributed by atoms with E-state index in [2.05, 4.69) is 12.3 Å². The molecule has 38 valence electrons. The Morgan fingerprint density at radius 2 is 2.17 bits per heavy atom. The van der Waals surface area contributed by atoms with Crippen LogP contribution in [0.3, 0.4) is 0 Å². The van der Waals surface area contributed by atoms with E-state index < -0.39 is 0 Å². The van der Waals surface area contributed by atoms with Gasteiger partial charge in [0, 0.05) is 13.6 Å². The lowest BCUT2D eigenvalue weighted by Gasteiger charge is -2.09. The standard InChI is InChI=1S/C4H12N2/c1-4-6(3)5-2/h5H,4H2,1-3H3. The molecular formula is C4H12N2. The highest BCUT2D eigenvalue weighted by Crippen LogP contribution is 1.64. The highest BCUT2D eigenvalue weighted by atomic mass is 15.5. The average molecular weight is 88.2 g/mol. The minimum absolute atomic E-state index is 1.05. The number of hydrogen-bond donors (Lipinski definition) is 1. The van der Waals surface area contributed by atoms with E-state index in [4.69, 9.17) is 0 Å². The second kappa shape index (κ2) is 3.12. The maximum Gasteiger partial charge on any atom is 0.00988 e. The van der Waals surface area contributed by atoms with Crippen molar-refractivity contribution in [1.29, 1.82) is 0 Å². The fraction of sp³-hybridized carbons (Fsp3) is 1.00. The Hall–Kier alpha value is -0.0800. The molecular weight excluding hydrogens is 76.1 g/mol. The van der Waals surface area contributed by atoms with Crippen molar-refractivity contribution in [2.45, 2.75) is 6.92 Å². The monoisotopic (exact) mass is 88.1 g/mol. The number of hydrazine groups is 1. The van der Waals surface area contributed by atoms with Gasteiger partial charge in [-0.25, -0.2) is 5.01 Å². The lowest BCUT2D eigenvalue weighted by molar-refractivity contribution is 0.275. The molecule has 0 aromatic carbocycles. The number of nitrogens with zero attached hydrogens (tertiary/aromatic N) is 1. The Labute approximate surface area is 39.1 Å². The van der Waals surface area contributed by atoms with Gasteiger partial charge in [0.25, 0.3) is 0 Å². The topological polar surface area (TPSA) is 15.3 Å². The molecule has 1 N–H and O–H groups in total. The van der Waals surface area contributed by atoms with E-state index in [-0.39, 0.29) is 0 Å². The van der Waals surface area contributed by atoms with Gasteiger partial charge in [0.15, 0.2) is 0 Å². The zero-order valence-corrected chi connectivity index (χ0v) is 4.65. The van der Waals surface area contributed by atoms with Crippen molar-refractivity contribution in [3.63, 3.8) is 0 Å². The number of hydrogen-bond acceptors (Lipinski definition) is 2. The quantitative estimate of drug-likeness (QED) is 0.481. The van der Waals surface area contributed by atoms with Crippen LogP contribution in [-0.2, 0) is 0 Å². The second-order valence-electron chi connectivity index (χ2n) is 1.24. The molecule has 0 aliphatic heterocycles. The summed E-state index contributed by atoms with van der Waals surface area (Å²) >= 11 is 0. The van der Waals surface area contributed by atoms with E-state index in [0.717, 1.165) is 6.54 Å². The van der Waals surface area contributed by atoms with Crippen molar-refractivity contribution in [2.24, 2.45) is 0 Å². The zero-order valence-electron chi connectivity index (χ0n) is 4.65. The van der Waals surface area contributed by atoms with Gasteiger partial charge >= 0.3 is 0 Å². The van der Waals surface area contributed by atoms with Gasteiger partial charge in [-0.3, -0.25) is 5.43 Å². The predicted octanol–water partition coefficient (Wildman–Crippen LogP) is 0.0725. The Bertz CT molecular complexity index is 24.7. The molecule has 0 aromatic heterocycles. The third-order valence-electron chi connectivity index (χ3n) is 0.856. The van der Waals surface area contributed by atoms with Gasteiger partial charge in [-0.2, -0.15) is 0 Å². The van der Waals surface area contributed by atoms with Crippen LogP contribution >= 0.6 is 0 Å². The zero-order chi connectivity index (χ0) is 4.99. The van der Waals surface area contributed by atoms with E-state index in [1.807, 2.05) is 19.1 Å². The van der Waals surface area contributed by atoms with Crippen molar-refractivity contribution < 1.29 is 0 Å². The van der Waals surface area contributed by atoms with Crippen molar-refractivity contribution >= 4 is 0 Å². The van der Waals surface area contributed by atoms with Crippen LogP contribution in [0, 0.1) is 0 Å². The van der Waals surface area contributed by atoms with Gasteiger partial charge in [-0.1, -0.05) is 6.92 Å². The first kappa shape index (κ1) is 5.92. The number of rotatable bonds is 2. The smallest absolute Gasteiger partial charge is 0.00988 e. The molecule has 0 spiro atoms. The van der Waals surface area contributed by atoms with Gasteiger partial charge in [0.1, 0.15) is 0 Å². The summed E-state index contributed by atoms with van der Waals surface area (Å²) in [6, 6.07) is 0. The SMILES string of the molecule is CCN(C)NC. The molecule has 0 aliphatic rings. The first-order chi connectivity index (χ1) is 2.81. The van der Waals surface area contributed by atoms with Gasteiger partial charge in [0.05, 0.1) is 0 Å². The molecule has 0 rings (SSSR count). The van der Waals surface area contributed by atoms with Crippen LogP contribution < -0.4 is 5.43 Å². The molecule has 0 aliphatic carbocycles. The summed E-state index contributed by atoms with van der Waals surface area (Å²) < 4.78 is 0. The summed E-state index contributed by atoms with van der Waals surface area (Å²) in [7, 11) is 3.91. The highest BCUT2D eigenvalue weighted by Gasteiger charge is 1.79. The fourth-order valence-electron chi connectivity index (χ4n) is 0.158. The average Bonchev–Trinajstić information content (AvgIpc) is 1.65. The minimum atomic E-state index is 1.05. The van der Waals surface area contributed by atoms with Crippen LogP contribution in [-0.4, -0.2) is 25.6 Å². The van der Waals surface area contributed by atoms with Crippen LogP contribution in [0.1, 0.15) is 6.92 Å². The Kier molecular flexibility index (Phi) is 3.08. The highest BCUT2D eigenvalue weighted by molar-refractivity contribution is 4.27. The third kappa shape index (κ3) is 2.18. The van der Waals surface area contributed by atoms with Crippen LogP contribution in [0.25, 0.3) is 0 Å². The van der Waals surface area contributed by atoms with E-state index in [1.165, 1.54) is 0 Å². The molecule has 2 nitrogen and oxygen atoms in total. The van der Waals surface area contributed by atoms with Gasteiger partial charge in [0.2, 0.25) is 0 Å². The summed E-state index contributed by atoms with van der Waals surface area (Å²) in [5.41, 5.74) is 2.95. The van der Waals surface area contributed by atoms with Crippen molar-refractivity contribution in [3.8, 4) is 0 Å². The normalized spacial score (nSPS) is 10.0. The largest absolute Gasteiger partial charge is 0.259 e. The summed E-state index contributed by atoms with van der Waals surface area (Å²) in [4.78, 5) is 0. The van der Waals surface area contributed by atoms with Crippen LogP contribution in [0.2, 0.25) is 0 Å². The molecule has 0 bridgehead atoms. The molecule has 0 amide bonds. The molecule has 0 heterocycles. The maximum atomic E-state index is 2.95. The molecule has 0 saturated heterocycles. The first-order valence-electron chi connectivity index (χ1n) is 2.19. The molecule has 0 unspecified atom stereocenters. The summed E-state index contributed by atoms with van der Waals surface area (Å²) in [6.07, 6.45) is 0. The first-order valence-corrected chi connectivity index (χ1v) is 2.19. The van der Waals surface area contributed by atoms with Crippen LogP contribution in [0.4, 0.5) is 0 Å². The summed E-state index contributed by atoms with van der Waals surface area (Å²) in [5.74, 6) is 0. The van der Waals surface area contributed by atoms with Crippen molar-refractivity contribution in [3.05, 3.63) is 0 Å². The van der Waals surface area contributed by atoms with Gasteiger partial charge in [-0.15, -0.1) is 0 Å². The molecule has 0 aromatic rings. The summed E-state index contributed by atoms with van der Waals surface area (Å²) in [6.45, 7) is 3.15. The molecule has 0 atom stereocenters. The number of nitrogens with one attached hydrogen (secondary N) is 1. The minimum Gasteiger partial charge on any atom is -0.259 e. The van der Waals surface area contributed by atoms with E-state index in [1.54, 1.807) is 0 Å². The predicted molar refractivity (Wildman–Crippen MR) is 27.4 cm³/mol. The molecule has 0 saturated carbocycles. The van der Waals surface area contributed by atoms with Crippen LogP contribution in [0.5, 0.6) is 0 Å². The molecule has 2 heteroatoms. The Balaban J connectivity index is 2.75. The van der Waals surface area contributed by atoms with Crippen LogP contribution in [0.15, 0.2) is 0 Å². The van der Waals surface area contributed by atoms with Gasteiger partial charge in [-0.05, 0) is 7.05 Å². The van der Waals surface area contributed by atoms with Gasteiger partial charge < -0.3 is 0 Å². The lowest BCUT2D eigenvalue weighted by Crippen LogP contribution is -2.29. The lowest BCUT2D eigenvalue weighted by atomic mass is 10.7. The fourth-order valence-corrected chi connectivity index (χ4v) is 0.158. The van der Waals surface area contributed by atoms with Crippen molar-refractivity contribution in [1.82, 2.24) is 10.4 Å². The van der Waals surface area contributed by atoms with E-state index in [9.17, 15) is 0 Å². The Morgan fingerprint density at radius 1 is 1.67 bits per heavy atom. The molecule has 6 heavy (non-hydrogen) atoms. The van der Waals surface area contributed by atoms with Crippen molar-refractivity contribution in [2.75, 3.05) is 20.6 Å². The van der Waals surface area contributed by atoms with E-state index >= 15 is 0 Å². The molecule has 0 radical (unpaired) electrons. The maximum absolute atomic E-state index is 2.95. The second-order valence-corrected chi connectivity index (χ2v) is 1.24. The molecule has 0 fully saturated rings.